The number of carbonyl (C=O) groups excluding carboxylic acids is 1. The van der Waals surface area contributed by atoms with Gasteiger partial charge in [0.1, 0.15) is 12.6 Å². The minimum atomic E-state index is -1.02. The first kappa shape index (κ1) is 27.6. The SMILES string of the molecule is C[N+](C)(C)C[C@H](CC(=O)O)OC(=O)[C@@H](N)CCCNC(=N)N.Cl.Cl. The molecule has 0 saturated heterocycles. The number of carbonyl (C=O) groups is 2. The van der Waals surface area contributed by atoms with E-state index >= 15 is 0 Å². The van der Waals surface area contributed by atoms with Crippen LogP contribution in [0.1, 0.15) is 19.3 Å². The highest BCUT2D eigenvalue weighted by Crippen LogP contribution is 2.07. The Balaban J connectivity index is -0.00000220. The largest absolute Gasteiger partial charge is 0.481 e. The zero-order chi connectivity index (χ0) is 17.3. The first-order valence-electron chi connectivity index (χ1n) is 7.07. The molecule has 0 fully saturated rings. The number of carboxylic acid groups (broad SMARTS) is 1. The highest BCUT2D eigenvalue weighted by molar-refractivity contribution is 5.85. The lowest BCUT2D eigenvalue weighted by Gasteiger charge is -2.28. The van der Waals surface area contributed by atoms with E-state index in [1.807, 2.05) is 21.1 Å². The molecule has 2 atom stereocenters. The smallest absolute Gasteiger partial charge is 0.323 e. The third-order valence-electron chi connectivity index (χ3n) is 2.75. The molecule has 0 bridgehead atoms. The fourth-order valence-corrected chi connectivity index (χ4v) is 1.86. The van der Waals surface area contributed by atoms with Crippen LogP contribution in [0.3, 0.4) is 0 Å². The number of likely N-dealkylation sites (N-methyl/N-ethyl adjacent to an activating group) is 1. The summed E-state index contributed by atoms with van der Waals surface area (Å²) in [5.41, 5.74) is 10.9. The lowest BCUT2D eigenvalue weighted by atomic mass is 10.1. The maximum Gasteiger partial charge on any atom is 0.323 e. The molecule has 0 aliphatic rings. The number of hydrogen-bond donors (Lipinski definition) is 5. The minimum Gasteiger partial charge on any atom is -0.481 e. The van der Waals surface area contributed by atoms with Crippen LogP contribution in [0.2, 0.25) is 0 Å². The fourth-order valence-electron chi connectivity index (χ4n) is 1.86. The molecule has 0 aromatic carbocycles. The highest BCUT2D eigenvalue weighted by Gasteiger charge is 2.26. The molecule has 11 heteroatoms. The maximum absolute atomic E-state index is 11.9. The maximum atomic E-state index is 11.9. The number of nitrogens with one attached hydrogen (secondary N) is 2. The molecular formula is C13H30Cl2N5O4+. The zero-order valence-electron chi connectivity index (χ0n) is 14.3. The van der Waals surface area contributed by atoms with Crippen LogP contribution in [0.15, 0.2) is 0 Å². The Bertz CT molecular complexity index is 404. The van der Waals surface area contributed by atoms with Crippen LogP contribution >= 0.6 is 24.8 Å². The molecule has 0 unspecified atom stereocenters. The van der Waals surface area contributed by atoms with E-state index in [1.165, 1.54) is 0 Å². The van der Waals surface area contributed by atoms with Crippen LogP contribution in [0, 0.1) is 5.41 Å². The van der Waals surface area contributed by atoms with Gasteiger partial charge in [-0.2, -0.15) is 0 Å². The van der Waals surface area contributed by atoms with Crippen molar-refractivity contribution < 1.29 is 23.9 Å². The van der Waals surface area contributed by atoms with E-state index in [4.69, 9.17) is 26.7 Å². The standard InChI is InChI=1S/C13H27N5O4.2ClH/c1-18(2,3)8-9(7-11(19)20)22-12(21)10(14)5-4-6-17-13(15)16;;/h9-10H,4-8,14H2,1-3H3,(H4-,15,16,17,19,20);2*1H/p+1/t9-,10-;;/m0../s1. The number of hydrogen-bond acceptors (Lipinski definition) is 5. The van der Waals surface area contributed by atoms with Crippen molar-refractivity contribution in [2.75, 3.05) is 34.2 Å². The van der Waals surface area contributed by atoms with E-state index in [1.54, 1.807) is 0 Å². The van der Waals surface area contributed by atoms with Crippen molar-refractivity contribution in [3.63, 3.8) is 0 Å². The topological polar surface area (TPSA) is 152 Å². The number of esters is 1. The second kappa shape index (κ2) is 13.1. The van der Waals surface area contributed by atoms with Crippen LogP contribution in [0.5, 0.6) is 0 Å². The molecule has 0 aromatic rings. The van der Waals surface area contributed by atoms with E-state index in [-0.39, 0.29) is 37.2 Å². The Labute approximate surface area is 155 Å². The summed E-state index contributed by atoms with van der Waals surface area (Å²) in [5, 5.41) is 18.5. The van der Waals surface area contributed by atoms with E-state index in [0.717, 1.165) is 0 Å². The number of aliphatic carboxylic acids is 1. The van der Waals surface area contributed by atoms with E-state index < -0.39 is 24.1 Å². The first-order chi connectivity index (χ1) is 10.0. The normalized spacial score (nSPS) is 12.8. The number of guanidine groups is 1. The van der Waals surface area contributed by atoms with Gasteiger partial charge in [0.2, 0.25) is 0 Å². The number of halogens is 2. The third-order valence-corrected chi connectivity index (χ3v) is 2.75. The molecule has 0 rings (SSSR count). The average molecular weight is 391 g/mol. The minimum absolute atomic E-state index is 0. The van der Waals surface area contributed by atoms with Crippen molar-refractivity contribution in [3.05, 3.63) is 0 Å². The predicted octanol–water partition coefficient (Wildman–Crippen LogP) is -0.487. The number of carboxylic acids is 1. The Kier molecular flexibility index (Phi) is 15.0. The number of ether oxygens (including phenoxy) is 1. The van der Waals surface area contributed by atoms with Crippen molar-refractivity contribution in [2.24, 2.45) is 11.5 Å². The summed E-state index contributed by atoms with van der Waals surface area (Å²) in [6.45, 7) is 0.824. The lowest BCUT2D eigenvalue weighted by molar-refractivity contribution is -0.873. The molecule has 9 nitrogen and oxygen atoms in total. The van der Waals surface area contributed by atoms with Gasteiger partial charge in [0.05, 0.1) is 27.6 Å². The number of nitrogens with two attached hydrogens (primary N) is 2. The van der Waals surface area contributed by atoms with Gasteiger partial charge in [0.15, 0.2) is 12.1 Å². The summed E-state index contributed by atoms with van der Waals surface area (Å²) >= 11 is 0. The molecule has 0 saturated carbocycles. The van der Waals surface area contributed by atoms with E-state index in [2.05, 4.69) is 5.32 Å². The quantitative estimate of drug-likeness (QED) is 0.111. The molecule has 0 spiro atoms. The summed E-state index contributed by atoms with van der Waals surface area (Å²) in [4.78, 5) is 22.8. The third kappa shape index (κ3) is 15.6. The monoisotopic (exact) mass is 390 g/mol. The van der Waals surface area contributed by atoms with Gasteiger partial charge in [-0.15, -0.1) is 24.8 Å². The highest BCUT2D eigenvalue weighted by atomic mass is 35.5. The van der Waals surface area contributed by atoms with Crippen LogP contribution in [-0.2, 0) is 14.3 Å². The van der Waals surface area contributed by atoms with Crippen molar-refractivity contribution >= 4 is 42.7 Å². The summed E-state index contributed by atoms with van der Waals surface area (Å²) in [7, 11) is 5.65. The lowest BCUT2D eigenvalue weighted by Crippen LogP contribution is -2.45. The summed E-state index contributed by atoms with van der Waals surface area (Å²) in [6.07, 6.45) is -0.0517. The number of rotatable bonds is 10. The zero-order valence-corrected chi connectivity index (χ0v) is 15.9. The van der Waals surface area contributed by atoms with Crippen LogP contribution in [-0.4, -0.2) is 73.9 Å². The molecule has 0 aliphatic carbocycles. The summed E-state index contributed by atoms with van der Waals surface area (Å²) in [6, 6.07) is -0.822. The molecule has 24 heavy (non-hydrogen) atoms. The van der Waals surface area contributed by atoms with Gasteiger partial charge in [-0.3, -0.25) is 15.0 Å². The van der Waals surface area contributed by atoms with Gasteiger partial charge in [-0.1, -0.05) is 0 Å². The Morgan fingerprint density at radius 2 is 1.83 bits per heavy atom. The van der Waals surface area contributed by atoms with Crippen LogP contribution in [0.4, 0.5) is 0 Å². The van der Waals surface area contributed by atoms with Gasteiger partial charge in [-0.05, 0) is 12.8 Å². The van der Waals surface area contributed by atoms with Crippen LogP contribution < -0.4 is 16.8 Å². The molecule has 7 N–H and O–H groups in total. The van der Waals surface area contributed by atoms with E-state index in [0.29, 0.717) is 30.4 Å². The van der Waals surface area contributed by atoms with E-state index in [9.17, 15) is 9.59 Å². The molecular weight excluding hydrogens is 361 g/mol. The van der Waals surface area contributed by atoms with Crippen molar-refractivity contribution in [1.82, 2.24) is 5.32 Å². The predicted molar refractivity (Wildman–Crippen MR) is 96.7 cm³/mol. The van der Waals surface area contributed by atoms with Crippen molar-refractivity contribution in [3.8, 4) is 0 Å². The number of quaternary nitrogens is 1. The summed E-state index contributed by atoms with van der Waals surface area (Å²) < 4.78 is 5.70. The average Bonchev–Trinajstić information content (AvgIpc) is 2.30. The van der Waals surface area contributed by atoms with Gasteiger partial charge < -0.3 is 31.1 Å². The Morgan fingerprint density at radius 3 is 2.25 bits per heavy atom. The van der Waals surface area contributed by atoms with Crippen molar-refractivity contribution in [1.29, 1.82) is 5.41 Å². The van der Waals surface area contributed by atoms with Crippen molar-refractivity contribution in [2.45, 2.75) is 31.4 Å². The molecule has 0 aliphatic heterocycles. The molecule has 0 aromatic heterocycles. The molecule has 0 radical (unpaired) electrons. The fraction of sp³-hybridized carbons (Fsp3) is 0.769. The van der Waals surface area contributed by atoms with Gasteiger partial charge in [-0.25, -0.2) is 0 Å². The molecule has 0 heterocycles. The second-order valence-corrected chi connectivity index (χ2v) is 6.22. The van der Waals surface area contributed by atoms with Gasteiger partial charge >= 0.3 is 11.9 Å². The van der Waals surface area contributed by atoms with Gasteiger partial charge in [0.25, 0.3) is 0 Å². The van der Waals surface area contributed by atoms with Crippen LogP contribution in [0.25, 0.3) is 0 Å². The summed E-state index contributed by atoms with van der Waals surface area (Å²) in [5.74, 6) is -1.77. The second-order valence-electron chi connectivity index (χ2n) is 6.22. The molecule has 144 valence electrons. The Morgan fingerprint density at radius 1 is 1.29 bits per heavy atom. The Hall–Kier alpha value is -1.29. The van der Waals surface area contributed by atoms with Gasteiger partial charge in [0, 0.05) is 6.54 Å². The molecule has 0 amide bonds. The number of nitrogens with zero attached hydrogens (tertiary/aromatic N) is 1. The first-order valence-corrected chi connectivity index (χ1v) is 7.07.